The highest BCUT2D eigenvalue weighted by molar-refractivity contribution is 7.16. The van der Waals surface area contributed by atoms with Crippen molar-refractivity contribution in [3.63, 3.8) is 0 Å². The predicted molar refractivity (Wildman–Crippen MR) is 112 cm³/mol. The van der Waals surface area contributed by atoms with Crippen molar-refractivity contribution in [3.05, 3.63) is 59.0 Å². The Labute approximate surface area is 167 Å². The molecule has 144 valence electrons. The van der Waals surface area contributed by atoms with E-state index in [2.05, 4.69) is 15.6 Å². The first-order valence-electron chi connectivity index (χ1n) is 8.86. The van der Waals surface area contributed by atoms with Crippen LogP contribution in [0.2, 0.25) is 0 Å². The van der Waals surface area contributed by atoms with Gasteiger partial charge in [-0.1, -0.05) is 0 Å². The normalized spacial score (nSPS) is 10.4. The number of benzene rings is 2. The lowest BCUT2D eigenvalue weighted by Crippen LogP contribution is -2.12. The Morgan fingerprint density at radius 2 is 1.71 bits per heavy atom. The number of aryl methyl sites for hydroxylation is 1. The Hall–Kier alpha value is -3.19. The fourth-order valence-corrected chi connectivity index (χ4v) is 3.50. The number of aromatic nitrogens is 1. The highest BCUT2D eigenvalue weighted by atomic mass is 32.1. The Bertz CT molecular complexity index is 979. The van der Waals surface area contributed by atoms with Gasteiger partial charge in [0.05, 0.1) is 12.3 Å². The number of carbonyl (C=O) groups is 2. The van der Waals surface area contributed by atoms with E-state index in [1.807, 2.05) is 38.1 Å². The van der Waals surface area contributed by atoms with Crippen LogP contribution in [-0.4, -0.2) is 23.4 Å². The van der Waals surface area contributed by atoms with E-state index in [1.54, 1.807) is 24.3 Å². The quantitative estimate of drug-likeness (QED) is 0.632. The van der Waals surface area contributed by atoms with Gasteiger partial charge in [0.1, 0.15) is 5.75 Å². The number of hydrogen-bond donors (Lipinski definition) is 2. The first-order chi connectivity index (χ1) is 13.5. The van der Waals surface area contributed by atoms with Crippen molar-refractivity contribution in [3.8, 4) is 17.0 Å². The molecule has 1 aromatic heterocycles. The van der Waals surface area contributed by atoms with E-state index in [9.17, 15) is 9.59 Å². The number of rotatable bonds is 6. The maximum absolute atomic E-state index is 12.5. The number of nitrogens with zero attached hydrogens (tertiary/aromatic N) is 1. The van der Waals surface area contributed by atoms with Gasteiger partial charge in [-0.3, -0.25) is 14.9 Å². The van der Waals surface area contributed by atoms with Crippen molar-refractivity contribution in [2.45, 2.75) is 20.8 Å². The van der Waals surface area contributed by atoms with Crippen LogP contribution in [0.25, 0.3) is 11.3 Å². The standard InChI is InChI=1S/C21H21N3O3S/c1-4-27-18-11-7-15(8-12-18)19-13(2)28-21(23-19)24-20(26)16-5-9-17(10-6-16)22-14(3)25/h5-12H,4H2,1-3H3,(H,22,25)(H,23,24,26). The van der Waals surface area contributed by atoms with E-state index in [0.29, 0.717) is 23.0 Å². The Balaban J connectivity index is 1.72. The first kappa shape index (κ1) is 19.6. The lowest BCUT2D eigenvalue weighted by molar-refractivity contribution is -0.114. The van der Waals surface area contributed by atoms with Crippen molar-refractivity contribution in [2.75, 3.05) is 17.2 Å². The summed E-state index contributed by atoms with van der Waals surface area (Å²) in [5.41, 5.74) is 2.94. The van der Waals surface area contributed by atoms with Crippen LogP contribution >= 0.6 is 11.3 Å². The highest BCUT2D eigenvalue weighted by Crippen LogP contribution is 2.31. The molecule has 0 atom stereocenters. The molecule has 0 spiro atoms. The molecule has 28 heavy (non-hydrogen) atoms. The number of amides is 2. The van der Waals surface area contributed by atoms with Gasteiger partial charge in [-0.2, -0.15) is 0 Å². The first-order valence-corrected chi connectivity index (χ1v) is 9.67. The topological polar surface area (TPSA) is 80.3 Å². The molecule has 2 N–H and O–H groups in total. The minimum atomic E-state index is -0.249. The van der Waals surface area contributed by atoms with Crippen LogP contribution in [0.4, 0.5) is 10.8 Å². The third kappa shape index (κ3) is 4.75. The molecule has 3 rings (SSSR count). The summed E-state index contributed by atoms with van der Waals surface area (Å²) in [7, 11) is 0. The van der Waals surface area contributed by atoms with Gasteiger partial charge in [0.2, 0.25) is 5.91 Å². The lowest BCUT2D eigenvalue weighted by atomic mass is 10.1. The molecule has 0 aliphatic carbocycles. The second-order valence-electron chi connectivity index (χ2n) is 6.09. The molecule has 0 fully saturated rings. The number of hydrogen-bond acceptors (Lipinski definition) is 5. The smallest absolute Gasteiger partial charge is 0.257 e. The second-order valence-corrected chi connectivity index (χ2v) is 7.30. The van der Waals surface area contributed by atoms with Crippen molar-refractivity contribution < 1.29 is 14.3 Å². The Morgan fingerprint density at radius 1 is 1.04 bits per heavy atom. The molecule has 0 saturated carbocycles. The van der Waals surface area contributed by atoms with Crippen LogP contribution in [0.5, 0.6) is 5.75 Å². The molecule has 2 aromatic carbocycles. The third-order valence-electron chi connectivity index (χ3n) is 3.92. The van der Waals surface area contributed by atoms with Gasteiger partial charge < -0.3 is 10.1 Å². The second kappa shape index (κ2) is 8.67. The average Bonchev–Trinajstić information content (AvgIpc) is 3.03. The SMILES string of the molecule is CCOc1ccc(-c2nc(NC(=O)c3ccc(NC(C)=O)cc3)sc2C)cc1. The summed E-state index contributed by atoms with van der Waals surface area (Å²) in [4.78, 5) is 29.1. The zero-order valence-electron chi connectivity index (χ0n) is 15.9. The third-order valence-corrected chi connectivity index (χ3v) is 4.81. The van der Waals surface area contributed by atoms with Crippen LogP contribution in [0.3, 0.4) is 0 Å². The predicted octanol–water partition coefficient (Wildman–Crippen LogP) is 4.73. The minimum Gasteiger partial charge on any atom is -0.494 e. The molecular weight excluding hydrogens is 374 g/mol. The molecule has 6 nitrogen and oxygen atoms in total. The number of carbonyl (C=O) groups excluding carboxylic acids is 2. The maximum atomic E-state index is 12.5. The molecule has 0 aliphatic heterocycles. The van der Waals surface area contributed by atoms with E-state index >= 15 is 0 Å². The monoisotopic (exact) mass is 395 g/mol. The Morgan fingerprint density at radius 3 is 2.32 bits per heavy atom. The number of thiazole rings is 1. The van der Waals surface area contributed by atoms with Crippen LogP contribution in [0.1, 0.15) is 29.1 Å². The average molecular weight is 395 g/mol. The molecule has 7 heteroatoms. The van der Waals surface area contributed by atoms with Gasteiger partial charge in [-0.15, -0.1) is 11.3 Å². The van der Waals surface area contributed by atoms with E-state index in [4.69, 9.17) is 4.74 Å². The van der Waals surface area contributed by atoms with Crippen LogP contribution in [0.15, 0.2) is 48.5 Å². The highest BCUT2D eigenvalue weighted by Gasteiger charge is 2.13. The molecular formula is C21H21N3O3S. The van der Waals surface area contributed by atoms with E-state index < -0.39 is 0 Å². The summed E-state index contributed by atoms with van der Waals surface area (Å²) in [6.07, 6.45) is 0. The van der Waals surface area contributed by atoms with Gasteiger partial charge in [0, 0.05) is 28.6 Å². The van der Waals surface area contributed by atoms with Crippen molar-refractivity contribution in [1.82, 2.24) is 4.98 Å². The van der Waals surface area contributed by atoms with Crippen LogP contribution < -0.4 is 15.4 Å². The zero-order valence-corrected chi connectivity index (χ0v) is 16.7. The molecule has 3 aromatic rings. The maximum Gasteiger partial charge on any atom is 0.257 e. The molecule has 0 unspecified atom stereocenters. The fraction of sp³-hybridized carbons (Fsp3) is 0.190. The van der Waals surface area contributed by atoms with Crippen molar-refractivity contribution in [2.24, 2.45) is 0 Å². The van der Waals surface area contributed by atoms with Gasteiger partial charge in [0.25, 0.3) is 5.91 Å². The molecule has 1 heterocycles. The largest absolute Gasteiger partial charge is 0.494 e. The fourth-order valence-electron chi connectivity index (χ4n) is 2.67. The summed E-state index contributed by atoms with van der Waals surface area (Å²) >= 11 is 1.43. The summed E-state index contributed by atoms with van der Waals surface area (Å²) in [6.45, 7) is 5.98. The summed E-state index contributed by atoms with van der Waals surface area (Å²) < 4.78 is 5.47. The van der Waals surface area contributed by atoms with Crippen molar-refractivity contribution >= 4 is 34.0 Å². The van der Waals surface area contributed by atoms with E-state index in [0.717, 1.165) is 21.9 Å². The summed E-state index contributed by atoms with van der Waals surface area (Å²) in [5.74, 6) is 0.411. The molecule has 0 aliphatic rings. The van der Waals surface area contributed by atoms with Gasteiger partial charge in [0.15, 0.2) is 5.13 Å². The van der Waals surface area contributed by atoms with E-state index in [-0.39, 0.29) is 11.8 Å². The summed E-state index contributed by atoms with van der Waals surface area (Å²) in [6, 6.07) is 14.4. The van der Waals surface area contributed by atoms with Gasteiger partial charge in [-0.25, -0.2) is 4.98 Å². The molecule has 0 saturated heterocycles. The van der Waals surface area contributed by atoms with Crippen molar-refractivity contribution in [1.29, 1.82) is 0 Å². The van der Waals surface area contributed by atoms with Crippen LogP contribution in [-0.2, 0) is 4.79 Å². The number of anilines is 2. The van der Waals surface area contributed by atoms with Gasteiger partial charge in [-0.05, 0) is 62.4 Å². The zero-order chi connectivity index (χ0) is 20.1. The number of ether oxygens (including phenoxy) is 1. The number of nitrogens with one attached hydrogen (secondary N) is 2. The molecule has 2 amide bonds. The van der Waals surface area contributed by atoms with Gasteiger partial charge >= 0.3 is 0 Å². The molecule has 0 radical (unpaired) electrons. The van der Waals surface area contributed by atoms with E-state index in [1.165, 1.54) is 18.3 Å². The minimum absolute atomic E-state index is 0.155. The van der Waals surface area contributed by atoms with Crippen LogP contribution in [0, 0.1) is 6.92 Å². The summed E-state index contributed by atoms with van der Waals surface area (Å²) in [5, 5.41) is 6.05. The molecule has 0 bridgehead atoms. The Kier molecular flexibility index (Phi) is 6.06. The lowest BCUT2D eigenvalue weighted by Gasteiger charge is -2.05.